The van der Waals surface area contributed by atoms with Crippen LogP contribution in [0.2, 0.25) is 0 Å². The number of carbonyl (C=O) groups excluding carboxylic acids is 1. The van der Waals surface area contributed by atoms with Crippen molar-refractivity contribution in [3.05, 3.63) is 65.2 Å². The SMILES string of the molecule is CC(NC(=O)c1ccc(F)nc1)c1ccc(C#N)cc1. The highest BCUT2D eigenvalue weighted by Crippen LogP contribution is 2.14. The maximum Gasteiger partial charge on any atom is 0.253 e. The molecule has 1 amide bonds. The summed E-state index contributed by atoms with van der Waals surface area (Å²) >= 11 is 0. The highest BCUT2D eigenvalue weighted by Gasteiger charge is 2.11. The summed E-state index contributed by atoms with van der Waals surface area (Å²) in [5.41, 5.74) is 1.74. The lowest BCUT2D eigenvalue weighted by atomic mass is 10.1. The molecule has 0 aliphatic heterocycles. The Bertz CT molecular complexity index is 644. The number of rotatable bonds is 3. The molecule has 5 heteroatoms. The predicted octanol–water partition coefficient (Wildman–Crippen LogP) is 2.58. The Kier molecular flexibility index (Phi) is 4.06. The number of amides is 1. The van der Waals surface area contributed by atoms with Crippen molar-refractivity contribution in [2.45, 2.75) is 13.0 Å². The molecule has 1 unspecified atom stereocenters. The molecule has 0 radical (unpaired) electrons. The van der Waals surface area contributed by atoms with Crippen LogP contribution in [0, 0.1) is 17.3 Å². The second-order valence-corrected chi connectivity index (χ2v) is 4.30. The predicted molar refractivity (Wildman–Crippen MR) is 71.2 cm³/mol. The number of halogens is 1. The summed E-state index contributed by atoms with van der Waals surface area (Å²) < 4.78 is 12.7. The van der Waals surface area contributed by atoms with Crippen LogP contribution in [0.15, 0.2) is 42.6 Å². The Balaban J connectivity index is 2.06. The van der Waals surface area contributed by atoms with Crippen molar-refractivity contribution in [2.75, 3.05) is 0 Å². The summed E-state index contributed by atoms with van der Waals surface area (Å²) in [5.74, 6) is -0.948. The number of nitriles is 1. The number of hydrogen-bond donors (Lipinski definition) is 1. The highest BCUT2D eigenvalue weighted by molar-refractivity contribution is 5.94. The average Bonchev–Trinajstić information content (AvgIpc) is 2.48. The van der Waals surface area contributed by atoms with Crippen LogP contribution in [0.1, 0.15) is 34.5 Å². The van der Waals surface area contributed by atoms with Crippen LogP contribution < -0.4 is 5.32 Å². The van der Waals surface area contributed by atoms with E-state index in [1.165, 1.54) is 12.3 Å². The minimum absolute atomic E-state index is 0.222. The van der Waals surface area contributed by atoms with Crippen molar-refractivity contribution in [2.24, 2.45) is 0 Å². The molecular formula is C15H12FN3O. The van der Waals surface area contributed by atoms with E-state index in [1.54, 1.807) is 24.3 Å². The van der Waals surface area contributed by atoms with Gasteiger partial charge in [-0.05, 0) is 36.8 Å². The third kappa shape index (κ3) is 3.18. The molecule has 0 saturated heterocycles. The third-order valence-corrected chi connectivity index (χ3v) is 2.88. The fraction of sp³-hybridized carbons (Fsp3) is 0.133. The van der Waals surface area contributed by atoms with Gasteiger partial charge in [0.25, 0.3) is 5.91 Å². The van der Waals surface area contributed by atoms with Gasteiger partial charge in [0.1, 0.15) is 0 Å². The lowest BCUT2D eigenvalue weighted by Crippen LogP contribution is -2.26. The lowest BCUT2D eigenvalue weighted by Gasteiger charge is -2.14. The summed E-state index contributed by atoms with van der Waals surface area (Å²) in [7, 11) is 0. The fourth-order valence-corrected chi connectivity index (χ4v) is 1.72. The molecule has 1 aromatic carbocycles. The monoisotopic (exact) mass is 269 g/mol. The van der Waals surface area contributed by atoms with Crippen LogP contribution in [-0.2, 0) is 0 Å². The van der Waals surface area contributed by atoms with Gasteiger partial charge in [0.05, 0.1) is 23.2 Å². The van der Waals surface area contributed by atoms with Gasteiger partial charge < -0.3 is 5.32 Å². The van der Waals surface area contributed by atoms with Gasteiger partial charge in [-0.3, -0.25) is 4.79 Å². The zero-order valence-electron chi connectivity index (χ0n) is 10.8. The van der Waals surface area contributed by atoms with Gasteiger partial charge in [-0.25, -0.2) is 4.98 Å². The molecule has 1 atom stereocenters. The molecule has 0 aliphatic rings. The topological polar surface area (TPSA) is 65.8 Å². The minimum atomic E-state index is -0.623. The van der Waals surface area contributed by atoms with Gasteiger partial charge in [0.2, 0.25) is 5.95 Å². The summed E-state index contributed by atoms with van der Waals surface area (Å²) in [6.07, 6.45) is 1.19. The molecule has 4 nitrogen and oxygen atoms in total. The van der Waals surface area contributed by atoms with Gasteiger partial charge >= 0.3 is 0 Å². The number of benzene rings is 1. The Labute approximate surface area is 115 Å². The number of nitrogens with one attached hydrogen (secondary N) is 1. The summed E-state index contributed by atoms with van der Waals surface area (Å²) in [6.45, 7) is 1.83. The van der Waals surface area contributed by atoms with Crippen molar-refractivity contribution < 1.29 is 9.18 Å². The van der Waals surface area contributed by atoms with Crippen LogP contribution in [0.4, 0.5) is 4.39 Å². The lowest BCUT2D eigenvalue weighted by molar-refractivity contribution is 0.0939. The molecule has 1 heterocycles. The summed E-state index contributed by atoms with van der Waals surface area (Å²) in [4.78, 5) is 15.4. The second-order valence-electron chi connectivity index (χ2n) is 4.30. The number of aromatic nitrogens is 1. The van der Waals surface area contributed by atoms with E-state index in [9.17, 15) is 9.18 Å². The average molecular weight is 269 g/mol. The van der Waals surface area contributed by atoms with Gasteiger partial charge in [-0.2, -0.15) is 9.65 Å². The summed E-state index contributed by atoms with van der Waals surface area (Å²) in [5, 5.41) is 11.5. The number of carbonyl (C=O) groups is 1. The number of nitrogens with zero attached hydrogens (tertiary/aromatic N) is 2. The van der Waals surface area contributed by atoms with Gasteiger partial charge in [0.15, 0.2) is 0 Å². The molecule has 0 saturated carbocycles. The summed E-state index contributed by atoms with van der Waals surface area (Å²) in [6, 6.07) is 11.3. The Hall–Kier alpha value is -2.74. The quantitative estimate of drug-likeness (QED) is 0.871. The molecule has 0 aliphatic carbocycles. The van der Waals surface area contributed by atoms with Crippen LogP contribution in [0.5, 0.6) is 0 Å². The van der Waals surface area contributed by atoms with E-state index in [2.05, 4.69) is 10.3 Å². The van der Waals surface area contributed by atoms with E-state index in [0.29, 0.717) is 11.1 Å². The number of hydrogen-bond acceptors (Lipinski definition) is 3. The van der Waals surface area contributed by atoms with Crippen molar-refractivity contribution >= 4 is 5.91 Å². The minimum Gasteiger partial charge on any atom is -0.345 e. The Morgan fingerprint density at radius 3 is 2.55 bits per heavy atom. The Morgan fingerprint density at radius 2 is 2.00 bits per heavy atom. The maximum atomic E-state index is 12.7. The highest BCUT2D eigenvalue weighted by atomic mass is 19.1. The van der Waals surface area contributed by atoms with Crippen LogP contribution in [0.25, 0.3) is 0 Å². The van der Waals surface area contributed by atoms with Crippen molar-refractivity contribution in [1.29, 1.82) is 5.26 Å². The van der Waals surface area contributed by atoms with E-state index in [-0.39, 0.29) is 11.9 Å². The Morgan fingerprint density at radius 1 is 1.30 bits per heavy atom. The first-order chi connectivity index (χ1) is 9.60. The van der Waals surface area contributed by atoms with E-state index >= 15 is 0 Å². The molecule has 1 N–H and O–H groups in total. The number of pyridine rings is 1. The molecule has 2 aromatic rings. The van der Waals surface area contributed by atoms with Crippen LogP contribution >= 0.6 is 0 Å². The van der Waals surface area contributed by atoms with Crippen molar-refractivity contribution in [3.63, 3.8) is 0 Å². The first-order valence-corrected chi connectivity index (χ1v) is 6.02. The molecular weight excluding hydrogens is 257 g/mol. The maximum absolute atomic E-state index is 12.7. The fourth-order valence-electron chi connectivity index (χ4n) is 1.72. The van der Waals surface area contributed by atoms with Gasteiger partial charge in [-0.15, -0.1) is 0 Å². The molecule has 1 aromatic heterocycles. The zero-order valence-corrected chi connectivity index (χ0v) is 10.8. The first kappa shape index (κ1) is 13.7. The van der Waals surface area contributed by atoms with Crippen molar-refractivity contribution in [3.8, 4) is 6.07 Å². The molecule has 100 valence electrons. The first-order valence-electron chi connectivity index (χ1n) is 6.02. The molecule has 2 rings (SSSR count). The van der Waals surface area contributed by atoms with Gasteiger partial charge in [-0.1, -0.05) is 12.1 Å². The zero-order chi connectivity index (χ0) is 14.5. The standard InChI is InChI=1S/C15H12FN3O/c1-10(12-4-2-11(8-17)3-5-12)19-15(20)13-6-7-14(16)18-9-13/h2-7,9-10H,1H3,(H,19,20). The van der Waals surface area contributed by atoms with Crippen LogP contribution in [-0.4, -0.2) is 10.9 Å². The van der Waals surface area contributed by atoms with E-state index in [1.807, 2.05) is 13.0 Å². The van der Waals surface area contributed by atoms with E-state index in [4.69, 9.17) is 5.26 Å². The van der Waals surface area contributed by atoms with Crippen LogP contribution in [0.3, 0.4) is 0 Å². The molecule has 0 fully saturated rings. The molecule has 20 heavy (non-hydrogen) atoms. The van der Waals surface area contributed by atoms with Crippen molar-refractivity contribution in [1.82, 2.24) is 10.3 Å². The van der Waals surface area contributed by atoms with E-state index in [0.717, 1.165) is 11.6 Å². The van der Waals surface area contributed by atoms with E-state index < -0.39 is 5.95 Å². The largest absolute Gasteiger partial charge is 0.345 e. The second kappa shape index (κ2) is 5.93. The molecule has 0 bridgehead atoms. The third-order valence-electron chi connectivity index (χ3n) is 2.88. The normalized spacial score (nSPS) is 11.4. The molecule has 0 spiro atoms. The van der Waals surface area contributed by atoms with Gasteiger partial charge in [0, 0.05) is 6.20 Å². The smallest absolute Gasteiger partial charge is 0.253 e.